The van der Waals surface area contributed by atoms with Crippen molar-refractivity contribution in [2.24, 2.45) is 5.92 Å². The van der Waals surface area contributed by atoms with E-state index >= 15 is 0 Å². The van der Waals surface area contributed by atoms with E-state index in [0.29, 0.717) is 6.42 Å². The van der Waals surface area contributed by atoms with Crippen molar-refractivity contribution in [3.63, 3.8) is 0 Å². The summed E-state index contributed by atoms with van der Waals surface area (Å²) in [6.07, 6.45) is 2.21. The van der Waals surface area contributed by atoms with E-state index < -0.39 is 30.4 Å². The lowest BCUT2D eigenvalue weighted by atomic mass is 9.94. The Morgan fingerprint density at radius 2 is 1.81 bits per heavy atom. The van der Waals surface area contributed by atoms with Gasteiger partial charge in [0.2, 0.25) is 0 Å². The first-order valence-electron chi connectivity index (χ1n) is 5.60. The maximum Gasteiger partial charge on any atom is 0.314 e. The van der Waals surface area contributed by atoms with Gasteiger partial charge in [-0.05, 0) is 6.42 Å². The number of carboxylic acids is 1. The zero-order valence-corrected chi connectivity index (χ0v) is 9.56. The summed E-state index contributed by atoms with van der Waals surface area (Å²) in [5, 5.41) is 26.5. The van der Waals surface area contributed by atoms with Gasteiger partial charge in [0.25, 0.3) is 0 Å². The number of carbonyl (C=O) groups is 2. The Morgan fingerprint density at radius 1 is 1.19 bits per heavy atom. The number of aliphatic hydroxyl groups is 2. The third-order valence-electron chi connectivity index (χ3n) is 2.49. The van der Waals surface area contributed by atoms with Gasteiger partial charge in [-0.2, -0.15) is 0 Å². The molecule has 16 heavy (non-hydrogen) atoms. The Balaban J connectivity index is 4.17. The molecule has 0 aliphatic carbocycles. The van der Waals surface area contributed by atoms with E-state index in [0.717, 1.165) is 19.3 Å². The summed E-state index contributed by atoms with van der Waals surface area (Å²) in [6, 6.07) is 0. The molecule has 2 atom stereocenters. The summed E-state index contributed by atoms with van der Waals surface area (Å²) in [6.45, 7) is 1.31. The first-order chi connectivity index (χ1) is 7.54. The van der Waals surface area contributed by atoms with Gasteiger partial charge < -0.3 is 15.3 Å². The van der Waals surface area contributed by atoms with Crippen LogP contribution < -0.4 is 0 Å². The molecule has 0 saturated heterocycles. The normalized spacial score (nSPS) is 14.4. The number of aliphatic carboxylic acids is 1. The highest BCUT2D eigenvalue weighted by Gasteiger charge is 2.30. The molecule has 0 spiro atoms. The van der Waals surface area contributed by atoms with Gasteiger partial charge in [-0.3, -0.25) is 9.59 Å². The molecule has 5 heteroatoms. The molecule has 0 fully saturated rings. The van der Waals surface area contributed by atoms with Crippen molar-refractivity contribution in [1.29, 1.82) is 0 Å². The molecule has 3 N–H and O–H groups in total. The molecule has 0 amide bonds. The lowest BCUT2D eigenvalue weighted by Crippen LogP contribution is -2.35. The molecule has 94 valence electrons. The van der Waals surface area contributed by atoms with E-state index in [1.807, 2.05) is 6.92 Å². The van der Waals surface area contributed by atoms with Crippen LogP contribution in [0.2, 0.25) is 0 Å². The molecule has 0 aliphatic heterocycles. The van der Waals surface area contributed by atoms with Crippen molar-refractivity contribution in [3.8, 4) is 0 Å². The Bertz CT molecular complexity index is 226. The zero-order valence-electron chi connectivity index (χ0n) is 9.56. The van der Waals surface area contributed by atoms with E-state index in [1.165, 1.54) is 0 Å². The van der Waals surface area contributed by atoms with E-state index in [2.05, 4.69) is 0 Å². The maximum atomic E-state index is 11.4. The molecule has 2 unspecified atom stereocenters. The molecule has 0 aromatic rings. The van der Waals surface area contributed by atoms with Crippen LogP contribution in [0.15, 0.2) is 0 Å². The minimum absolute atomic E-state index is 0.227. The second-order valence-corrected chi connectivity index (χ2v) is 3.84. The van der Waals surface area contributed by atoms with Crippen molar-refractivity contribution in [3.05, 3.63) is 0 Å². The molecule has 0 aromatic carbocycles. The number of Topliss-reactive ketones (excluding diaryl/α,β-unsaturated/α-hetero) is 1. The highest BCUT2D eigenvalue weighted by Crippen LogP contribution is 2.14. The number of carboxylic acid groups (broad SMARTS) is 1. The molecule has 0 bridgehead atoms. The van der Waals surface area contributed by atoms with Gasteiger partial charge in [0, 0.05) is 0 Å². The van der Waals surface area contributed by atoms with Crippen LogP contribution in [0.4, 0.5) is 0 Å². The minimum atomic E-state index is -1.58. The minimum Gasteiger partial charge on any atom is -0.481 e. The van der Waals surface area contributed by atoms with Crippen LogP contribution in [0.25, 0.3) is 0 Å². The van der Waals surface area contributed by atoms with Crippen molar-refractivity contribution in [2.75, 3.05) is 6.61 Å². The fourth-order valence-corrected chi connectivity index (χ4v) is 1.48. The standard InChI is InChI=1S/C11H20O5/c1-2-3-4-5-6-8(11(15)16)10(14)9(13)7-12/h8-9,12-13H,2-7H2,1H3,(H,15,16). The summed E-state index contributed by atoms with van der Waals surface area (Å²) in [7, 11) is 0. The summed E-state index contributed by atoms with van der Waals surface area (Å²) < 4.78 is 0. The van der Waals surface area contributed by atoms with Crippen LogP contribution in [0.1, 0.15) is 39.0 Å². The van der Waals surface area contributed by atoms with E-state index in [1.54, 1.807) is 0 Å². The highest BCUT2D eigenvalue weighted by atomic mass is 16.4. The van der Waals surface area contributed by atoms with Gasteiger partial charge in [0.05, 0.1) is 6.61 Å². The number of ketones is 1. The van der Waals surface area contributed by atoms with E-state index in [9.17, 15) is 9.59 Å². The third-order valence-corrected chi connectivity index (χ3v) is 2.49. The average Bonchev–Trinajstić information content (AvgIpc) is 2.26. The van der Waals surface area contributed by atoms with Crippen LogP contribution in [0.3, 0.4) is 0 Å². The Hall–Kier alpha value is -0.940. The largest absolute Gasteiger partial charge is 0.481 e. The number of aliphatic hydroxyl groups excluding tert-OH is 2. The van der Waals surface area contributed by atoms with Gasteiger partial charge in [0.15, 0.2) is 5.78 Å². The maximum absolute atomic E-state index is 11.4. The monoisotopic (exact) mass is 232 g/mol. The quantitative estimate of drug-likeness (QED) is 0.399. The second-order valence-electron chi connectivity index (χ2n) is 3.84. The zero-order chi connectivity index (χ0) is 12.6. The molecule has 0 aromatic heterocycles. The first-order valence-corrected chi connectivity index (χ1v) is 5.60. The van der Waals surface area contributed by atoms with Crippen molar-refractivity contribution in [2.45, 2.75) is 45.1 Å². The number of hydrogen-bond acceptors (Lipinski definition) is 4. The molecular weight excluding hydrogens is 212 g/mol. The summed E-state index contributed by atoms with van der Waals surface area (Å²) in [5.74, 6) is -3.22. The fourth-order valence-electron chi connectivity index (χ4n) is 1.48. The predicted octanol–water partition coefficient (Wildman–Crippen LogP) is 0.580. The average molecular weight is 232 g/mol. The van der Waals surface area contributed by atoms with Crippen molar-refractivity contribution >= 4 is 11.8 Å². The van der Waals surface area contributed by atoms with Crippen LogP contribution in [0, 0.1) is 5.92 Å². The van der Waals surface area contributed by atoms with Gasteiger partial charge in [-0.25, -0.2) is 0 Å². The number of rotatable bonds is 9. The fraction of sp³-hybridized carbons (Fsp3) is 0.818. The summed E-state index contributed by atoms with van der Waals surface area (Å²) in [4.78, 5) is 22.2. The molecule has 0 aliphatic rings. The van der Waals surface area contributed by atoms with Crippen molar-refractivity contribution in [1.82, 2.24) is 0 Å². The van der Waals surface area contributed by atoms with E-state index in [-0.39, 0.29) is 6.42 Å². The van der Waals surface area contributed by atoms with Gasteiger partial charge in [-0.15, -0.1) is 0 Å². The van der Waals surface area contributed by atoms with Gasteiger partial charge in [0.1, 0.15) is 12.0 Å². The SMILES string of the molecule is CCCCCCC(C(=O)O)C(=O)C(O)CO. The van der Waals surface area contributed by atoms with Crippen LogP contribution in [-0.2, 0) is 9.59 Å². The molecule has 5 nitrogen and oxygen atoms in total. The van der Waals surface area contributed by atoms with Gasteiger partial charge >= 0.3 is 5.97 Å². The Labute approximate surface area is 95.1 Å². The number of carbonyl (C=O) groups excluding carboxylic acids is 1. The Kier molecular flexibility index (Phi) is 7.76. The van der Waals surface area contributed by atoms with Crippen molar-refractivity contribution < 1.29 is 24.9 Å². The van der Waals surface area contributed by atoms with E-state index in [4.69, 9.17) is 15.3 Å². The highest BCUT2D eigenvalue weighted by molar-refractivity contribution is 6.00. The lowest BCUT2D eigenvalue weighted by molar-refractivity contribution is -0.150. The molecule has 0 saturated carbocycles. The number of hydrogen-bond donors (Lipinski definition) is 3. The first kappa shape index (κ1) is 15.1. The van der Waals surface area contributed by atoms with Crippen LogP contribution >= 0.6 is 0 Å². The summed E-state index contributed by atoms with van der Waals surface area (Å²) in [5.41, 5.74) is 0. The van der Waals surface area contributed by atoms with Gasteiger partial charge in [-0.1, -0.05) is 32.6 Å². The molecule has 0 radical (unpaired) electrons. The summed E-state index contributed by atoms with van der Waals surface area (Å²) >= 11 is 0. The second kappa shape index (κ2) is 8.24. The molecular formula is C11H20O5. The molecule has 0 heterocycles. The lowest BCUT2D eigenvalue weighted by Gasteiger charge is -2.13. The predicted molar refractivity (Wildman–Crippen MR) is 58.0 cm³/mol. The van der Waals surface area contributed by atoms with Crippen LogP contribution in [-0.4, -0.2) is 39.8 Å². The third kappa shape index (κ3) is 5.23. The smallest absolute Gasteiger partial charge is 0.314 e. The Morgan fingerprint density at radius 3 is 2.25 bits per heavy atom. The molecule has 0 rings (SSSR count). The topological polar surface area (TPSA) is 94.8 Å². The number of unbranched alkanes of at least 4 members (excludes halogenated alkanes) is 3. The van der Waals surface area contributed by atoms with Crippen LogP contribution in [0.5, 0.6) is 0 Å².